The van der Waals surface area contributed by atoms with Crippen molar-refractivity contribution < 1.29 is 19.1 Å². The van der Waals surface area contributed by atoms with Crippen molar-refractivity contribution in [3.05, 3.63) is 28.6 Å². The summed E-state index contributed by atoms with van der Waals surface area (Å²) >= 11 is 1.47. The number of benzene rings is 1. The molecule has 4 aliphatic rings. The van der Waals surface area contributed by atoms with Gasteiger partial charge in [0.25, 0.3) is 5.91 Å². The van der Waals surface area contributed by atoms with Crippen molar-refractivity contribution in [1.82, 2.24) is 4.57 Å². The van der Waals surface area contributed by atoms with Gasteiger partial charge in [0.05, 0.1) is 34.4 Å². The Hall–Kier alpha value is -1.99. The first-order valence-corrected chi connectivity index (χ1v) is 12.2. The van der Waals surface area contributed by atoms with Crippen LogP contribution in [-0.4, -0.2) is 36.8 Å². The molecule has 7 heteroatoms. The standard InChI is InChI=1S/C24H30N2O4S/c1-3-30-21(27)18-4-5-19-20(11-18)31-23(26(19)6-7-29-2)25-22(28)24-12-15-8-16(13-24)10-17(9-15)14-24/h4-5,11,15-17H,3,6-10,12-14H2,1-2H3. The van der Waals surface area contributed by atoms with Crippen molar-refractivity contribution in [3.8, 4) is 0 Å². The van der Waals surface area contributed by atoms with E-state index in [9.17, 15) is 9.59 Å². The first kappa shape index (κ1) is 20.9. The minimum Gasteiger partial charge on any atom is -0.462 e. The number of hydrogen-bond acceptors (Lipinski definition) is 5. The van der Waals surface area contributed by atoms with Crippen LogP contribution in [0.4, 0.5) is 0 Å². The van der Waals surface area contributed by atoms with E-state index < -0.39 is 0 Å². The van der Waals surface area contributed by atoms with Crippen molar-refractivity contribution >= 4 is 33.4 Å². The van der Waals surface area contributed by atoms with Gasteiger partial charge in [0.2, 0.25) is 0 Å². The summed E-state index contributed by atoms with van der Waals surface area (Å²) in [4.78, 5) is 31.1. The van der Waals surface area contributed by atoms with Gasteiger partial charge in [0.15, 0.2) is 4.80 Å². The van der Waals surface area contributed by atoms with Gasteiger partial charge in [0.1, 0.15) is 0 Å². The maximum Gasteiger partial charge on any atom is 0.338 e. The van der Waals surface area contributed by atoms with E-state index in [1.54, 1.807) is 20.1 Å². The molecule has 0 aliphatic heterocycles. The van der Waals surface area contributed by atoms with Crippen molar-refractivity contribution in [1.29, 1.82) is 0 Å². The van der Waals surface area contributed by atoms with Crippen LogP contribution in [0.2, 0.25) is 0 Å². The van der Waals surface area contributed by atoms with Crippen molar-refractivity contribution in [2.24, 2.45) is 28.2 Å². The summed E-state index contributed by atoms with van der Waals surface area (Å²) in [6.45, 7) is 3.29. The Morgan fingerprint density at radius 3 is 2.45 bits per heavy atom. The van der Waals surface area contributed by atoms with E-state index in [1.807, 2.05) is 12.1 Å². The smallest absolute Gasteiger partial charge is 0.338 e. The lowest BCUT2D eigenvalue weighted by Crippen LogP contribution is -2.50. The first-order chi connectivity index (χ1) is 15.0. The van der Waals surface area contributed by atoms with Crippen LogP contribution in [0, 0.1) is 23.2 Å². The third-order valence-electron chi connectivity index (χ3n) is 7.40. The number of carbonyl (C=O) groups excluding carboxylic acids is 2. The SMILES string of the molecule is CCOC(=O)c1ccc2c(c1)sc(=NC(=O)C13CC4CC(CC(C4)C1)C3)n2CCOC. The van der Waals surface area contributed by atoms with Gasteiger partial charge >= 0.3 is 5.97 Å². The number of aromatic nitrogens is 1. The molecule has 0 radical (unpaired) electrons. The fourth-order valence-corrected chi connectivity index (χ4v) is 7.57. The Kier molecular flexibility index (Phi) is 5.51. The van der Waals surface area contributed by atoms with Crippen molar-refractivity contribution in [3.63, 3.8) is 0 Å². The number of fused-ring (bicyclic) bond motifs is 1. The number of amides is 1. The Morgan fingerprint density at radius 2 is 1.84 bits per heavy atom. The number of hydrogen-bond donors (Lipinski definition) is 0. The molecular weight excluding hydrogens is 412 g/mol. The van der Waals surface area contributed by atoms with Crippen LogP contribution in [0.25, 0.3) is 10.2 Å². The predicted octanol–water partition coefficient (Wildman–Crippen LogP) is 4.17. The molecule has 1 aromatic heterocycles. The van der Waals surface area contributed by atoms with E-state index in [2.05, 4.69) is 4.57 Å². The van der Waals surface area contributed by atoms with E-state index in [1.165, 1.54) is 30.6 Å². The summed E-state index contributed by atoms with van der Waals surface area (Å²) in [5.41, 5.74) is 1.24. The second-order valence-electron chi connectivity index (χ2n) is 9.55. The Labute approximate surface area is 186 Å². The molecule has 31 heavy (non-hydrogen) atoms. The fourth-order valence-electron chi connectivity index (χ4n) is 6.48. The highest BCUT2D eigenvalue weighted by atomic mass is 32.1. The predicted molar refractivity (Wildman–Crippen MR) is 119 cm³/mol. The Balaban J connectivity index is 1.53. The molecule has 1 aromatic carbocycles. The van der Waals surface area contributed by atoms with Gasteiger partial charge in [-0.2, -0.15) is 4.99 Å². The summed E-state index contributed by atoms with van der Waals surface area (Å²) in [7, 11) is 1.67. The average Bonchev–Trinajstić information content (AvgIpc) is 3.07. The van der Waals surface area contributed by atoms with Crippen LogP contribution in [0.1, 0.15) is 55.8 Å². The highest BCUT2D eigenvalue weighted by molar-refractivity contribution is 7.16. The minimum atomic E-state index is -0.329. The van der Waals surface area contributed by atoms with Crippen molar-refractivity contribution in [2.75, 3.05) is 20.3 Å². The number of nitrogens with zero attached hydrogens (tertiary/aromatic N) is 2. The minimum absolute atomic E-state index is 0.0648. The summed E-state index contributed by atoms with van der Waals surface area (Å²) in [6.07, 6.45) is 6.95. The van der Waals surface area contributed by atoms with Crippen LogP contribution in [0.15, 0.2) is 23.2 Å². The molecule has 0 N–H and O–H groups in total. The highest BCUT2D eigenvalue weighted by Crippen LogP contribution is 2.60. The topological polar surface area (TPSA) is 69.9 Å². The highest BCUT2D eigenvalue weighted by Gasteiger charge is 2.54. The normalized spacial score (nSPS) is 29.6. The van der Waals surface area contributed by atoms with Gasteiger partial charge in [-0.3, -0.25) is 4.79 Å². The molecule has 1 amide bonds. The molecule has 2 aromatic rings. The first-order valence-electron chi connectivity index (χ1n) is 11.4. The molecule has 4 bridgehead atoms. The van der Waals surface area contributed by atoms with Gasteiger partial charge in [-0.15, -0.1) is 0 Å². The lowest BCUT2D eigenvalue weighted by molar-refractivity contribution is -0.142. The molecule has 0 saturated heterocycles. The van der Waals surface area contributed by atoms with Crippen LogP contribution in [0.5, 0.6) is 0 Å². The molecule has 4 saturated carbocycles. The maximum atomic E-state index is 13.6. The molecule has 0 spiro atoms. The van der Waals surface area contributed by atoms with E-state index >= 15 is 0 Å². The molecule has 1 heterocycles. The molecule has 0 atom stereocenters. The van der Waals surface area contributed by atoms with Crippen LogP contribution in [0.3, 0.4) is 0 Å². The number of esters is 1. The molecule has 0 unspecified atom stereocenters. The summed E-state index contributed by atoms with van der Waals surface area (Å²) in [5, 5.41) is 0. The lowest BCUT2D eigenvalue weighted by atomic mass is 9.49. The van der Waals surface area contributed by atoms with Crippen LogP contribution in [-0.2, 0) is 20.8 Å². The van der Waals surface area contributed by atoms with Gasteiger partial charge in [-0.1, -0.05) is 11.3 Å². The molecule has 6 rings (SSSR count). The zero-order valence-electron chi connectivity index (χ0n) is 18.3. The Morgan fingerprint density at radius 1 is 1.16 bits per heavy atom. The third kappa shape index (κ3) is 3.76. The van der Waals surface area contributed by atoms with E-state index in [0.29, 0.717) is 47.9 Å². The molecule has 4 fully saturated rings. The van der Waals surface area contributed by atoms with E-state index in [0.717, 1.165) is 29.5 Å². The maximum absolute atomic E-state index is 13.6. The molecule has 6 nitrogen and oxygen atoms in total. The summed E-state index contributed by atoms with van der Waals surface area (Å²) in [6, 6.07) is 5.54. The van der Waals surface area contributed by atoms with Gasteiger partial charge in [-0.25, -0.2) is 4.79 Å². The second kappa shape index (κ2) is 8.17. The molecular formula is C24H30N2O4S. The van der Waals surface area contributed by atoms with Gasteiger partial charge < -0.3 is 14.0 Å². The fraction of sp³-hybridized carbons (Fsp3) is 0.625. The summed E-state index contributed by atoms with van der Waals surface area (Å²) in [5.74, 6) is 1.86. The van der Waals surface area contributed by atoms with Gasteiger partial charge in [0, 0.05) is 13.7 Å². The Bertz CT molecular complexity index is 1050. The lowest BCUT2D eigenvalue weighted by Gasteiger charge is -2.55. The van der Waals surface area contributed by atoms with E-state index in [4.69, 9.17) is 14.5 Å². The van der Waals surface area contributed by atoms with E-state index in [-0.39, 0.29) is 17.3 Å². The average molecular weight is 443 g/mol. The zero-order valence-corrected chi connectivity index (χ0v) is 19.1. The third-order valence-corrected chi connectivity index (χ3v) is 8.44. The van der Waals surface area contributed by atoms with Crippen molar-refractivity contribution in [2.45, 2.75) is 52.0 Å². The number of ether oxygens (including phenoxy) is 2. The number of methoxy groups -OCH3 is 1. The largest absolute Gasteiger partial charge is 0.462 e. The quantitative estimate of drug-likeness (QED) is 0.630. The van der Waals surface area contributed by atoms with Gasteiger partial charge in [-0.05, 0) is 81.4 Å². The molecule has 4 aliphatic carbocycles. The number of rotatable bonds is 6. The van der Waals surface area contributed by atoms with Crippen LogP contribution >= 0.6 is 11.3 Å². The summed E-state index contributed by atoms with van der Waals surface area (Å²) < 4.78 is 13.4. The van der Waals surface area contributed by atoms with Crippen LogP contribution < -0.4 is 4.80 Å². The molecule has 166 valence electrons. The zero-order chi connectivity index (χ0) is 21.6. The number of carbonyl (C=O) groups is 2. The number of thiazole rings is 1. The monoisotopic (exact) mass is 442 g/mol. The second-order valence-corrected chi connectivity index (χ2v) is 10.6.